The van der Waals surface area contributed by atoms with Crippen LogP contribution in [0.1, 0.15) is 197 Å². The highest BCUT2D eigenvalue weighted by molar-refractivity contribution is 6.33. The lowest BCUT2D eigenvalue weighted by molar-refractivity contribution is 0.0586. The Morgan fingerprint density at radius 2 is 0.630 bits per heavy atom. The number of carbonyl (C=O) groups is 4. The van der Waals surface area contributed by atoms with Gasteiger partial charge in [-0.25, -0.2) is 0 Å². The van der Waals surface area contributed by atoms with Crippen molar-refractivity contribution in [2.24, 2.45) is 0 Å². The summed E-state index contributed by atoms with van der Waals surface area (Å²) in [7, 11) is 0. The molecule has 2 aliphatic heterocycles. The summed E-state index contributed by atoms with van der Waals surface area (Å²) in [5.74, 6) is 22.8. The third-order valence-corrected chi connectivity index (χ3v) is 10.2. The van der Waals surface area contributed by atoms with Gasteiger partial charge in [0.05, 0.1) is 0 Å². The molecule has 2 heterocycles. The Labute approximate surface area is 324 Å². The number of imide groups is 2. The van der Waals surface area contributed by atoms with Crippen molar-refractivity contribution in [2.45, 2.75) is 155 Å². The van der Waals surface area contributed by atoms with Crippen LogP contribution in [0.3, 0.4) is 0 Å². The van der Waals surface area contributed by atoms with E-state index in [1.807, 2.05) is 0 Å². The molecule has 2 aromatic carbocycles. The van der Waals surface area contributed by atoms with Crippen LogP contribution in [0.5, 0.6) is 0 Å². The van der Waals surface area contributed by atoms with Crippen molar-refractivity contribution in [1.29, 1.82) is 0 Å². The number of rotatable bonds is 22. The van der Waals surface area contributed by atoms with Crippen LogP contribution in [0.25, 0.3) is 10.8 Å². The van der Waals surface area contributed by atoms with E-state index in [9.17, 15) is 19.2 Å². The Bertz CT molecular complexity index is 1670. The molecule has 54 heavy (non-hydrogen) atoms. The second-order valence-corrected chi connectivity index (χ2v) is 14.5. The molecule has 0 aromatic heterocycles. The minimum atomic E-state index is -0.383. The summed E-state index contributed by atoms with van der Waals surface area (Å²) in [5, 5.41) is 0.832. The molecule has 0 N–H and O–H groups in total. The fraction of sp³-hybridized carbons (Fsp3) is 0.542. The van der Waals surface area contributed by atoms with E-state index in [1.54, 1.807) is 24.3 Å². The van der Waals surface area contributed by atoms with Crippen LogP contribution in [0.15, 0.2) is 24.3 Å². The quantitative estimate of drug-likeness (QED) is 0.0688. The molecular weight excluding hydrogens is 669 g/mol. The summed E-state index contributed by atoms with van der Waals surface area (Å²) < 4.78 is 0. The predicted octanol–water partition coefficient (Wildman–Crippen LogP) is 10.7. The molecule has 0 fully saturated rings. The first-order chi connectivity index (χ1) is 26.5. The Morgan fingerprint density at radius 3 is 0.926 bits per heavy atom. The zero-order valence-electron chi connectivity index (χ0n) is 32.8. The summed E-state index contributed by atoms with van der Waals surface area (Å²) in [6, 6.07) is 6.54. The maximum atomic E-state index is 13.6. The highest BCUT2D eigenvalue weighted by atomic mass is 16.2. The van der Waals surface area contributed by atoms with E-state index < -0.39 is 0 Å². The molecule has 6 heteroatoms. The monoisotopic (exact) mass is 726 g/mol. The first-order valence-corrected chi connectivity index (χ1v) is 20.7. The average molecular weight is 727 g/mol. The smallest absolute Gasteiger partial charge is 0.261 e. The lowest BCUT2D eigenvalue weighted by Gasteiger charge is -2.32. The first kappa shape index (κ1) is 42.0. The lowest BCUT2D eigenvalue weighted by atomic mass is 9.86. The van der Waals surface area contributed by atoms with Gasteiger partial charge in [0, 0.05) is 71.8 Å². The van der Waals surface area contributed by atoms with Crippen molar-refractivity contribution in [3.63, 3.8) is 0 Å². The van der Waals surface area contributed by atoms with Crippen molar-refractivity contribution in [3.8, 4) is 47.4 Å². The maximum absolute atomic E-state index is 13.6. The van der Waals surface area contributed by atoms with E-state index in [4.69, 9.17) is 0 Å². The zero-order chi connectivity index (χ0) is 38.4. The highest BCUT2D eigenvalue weighted by Crippen LogP contribution is 2.38. The topological polar surface area (TPSA) is 74.8 Å². The van der Waals surface area contributed by atoms with Gasteiger partial charge in [-0.3, -0.25) is 29.0 Å². The number of hydrogen-bond acceptors (Lipinski definition) is 4. The second-order valence-electron chi connectivity index (χ2n) is 14.5. The van der Waals surface area contributed by atoms with Crippen LogP contribution < -0.4 is 0 Å². The molecule has 0 radical (unpaired) electrons. The molecule has 0 unspecified atom stereocenters. The van der Waals surface area contributed by atoms with E-state index in [2.05, 4.69) is 61.2 Å². The van der Waals surface area contributed by atoms with Crippen LogP contribution in [-0.4, -0.2) is 46.5 Å². The van der Waals surface area contributed by atoms with Crippen molar-refractivity contribution in [2.75, 3.05) is 13.1 Å². The molecule has 4 rings (SSSR count). The molecule has 0 atom stereocenters. The summed E-state index contributed by atoms with van der Waals surface area (Å²) in [6.07, 6.45) is 23.1. The first-order valence-electron chi connectivity index (χ1n) is 20.7. The van der Waals surface area contributed by atoms with E-state index in [0.29, 0.717) is 59.0 Å². The summed E-state index contributed by atoms with van der Waals surface area (Å²) in [6.45, 7) is 5.06. The number of hydrogen-bond donors (Lipinski definition) is 0. The van der Waals surface area contributed by atoms with Gasteiger partial charge in [0.15, 0.2) is 0 Å². The molecule has 284 valence electrons. The molecule has 2 aliphatic rings. The van der Waals surface area contributed by atoms with Crippen LogP contribution in [0.2, 0.25) is 0 Å². The van der Waals surface area contributed by atoms with Gasteiger partial charge in [-0.2, -0.15) is 0 Å². The fourth-order valence-electron chi connectivity index (χ4n) is 7.12. The Kier molecular flexibility index (Phi) is 18.5. The van der Waals surface area contributed by atoms with E-state index >= 15 is 0 Å². The van der Waals surface area contributed by atoms with Crippen molar-refractivity contribution in [1.82, 2.24) is 9.80 Å². The Morgan fingerprint density at radius 1 is 0.370 bits per heavy atom. The maximum Gasteiger partial charge on any atom is 0.261 e. The van der Waals surface area contributed by atoms with Crippen LogP contribution in [-0.2, 0) is 0 Å². The van der Waals surface area contributed by atoms with Gasteiger partial charge in [-0.1, -0.05) is 115 Å². The SMILES string of the molecule is CCCCCCCCC#CC#CCCCCCN1C(=O)c2ccc3c4c(ccc(c24)C1=O)C(=O)N(CCCCCC#CC#CCCCCCCCC)C3=O. The zero-order valence-corrected chi connectivity index (χ0v) is 32.8. The Balaban J connectivity index is 1.22. The van der Waals surface area contributed by atoms with Crippen molar-refractivity contribution in [3.05, 3.63) is 46.5 Å². The minimum absolute atomic E-state index is 0.303. The van der Waals surface area contributed by atoms with E-state index in [0.717, 1.165) is 64.2 Å². The van der Waals surface area contributed by atoms with Gasteiger partial charge in [-0.15, -0.1) is 0 Å². The van der Waals surface area contributed by atoms with Crippen LogP contribution in [0, 0.1) is 47.4 Å². The number of carbonyl (C=O) groups excluding carboxylic acids is 4. The number of unbranched alkanes of at least 4 members (excludes halogenated alkanes) is 18. The third-order valence-electron chi connectivity index (χ3n) is 10.2. The summed E-state index contributed by atoms with van der Waals surface area (Å²) in [5.41, 5.74) is 1.44. The summed E-state index contributed by atoms with van der Waals surface area (Å²) >= 11 is 0. The molecule has 2 aromatic rings. The molecule has 4 amide bonds. The van der Waals surface area contributed by atoms with Gasteiger partial charge < -0.3 is 0 Å². The third kappa shape index (κ3) is 12.1. The average Bonchev–Trinajstić information content (AvgIpc) is 3.18. The van der Waals surface area contributed by atoms with Gasteiger partial charge in [0.2, 0.25) is 0 Å². The molecule has 0 aliphatic carbocycles. The molecule has 0 saturated carbocycles. The van der Waals surface area contributed by atoms with Crippen molar-refractivity contribution >= 4 is 34.4 Å². The van der Waals surface area contributed by atoms with Gasteiger partial charge in [-0.05, 0) is 86.5 Å². The van der Waals surface area contributed by atoms with Gasteiger partial charge >= 0.3 is 0 Å². The van der Waals surface area contributed by atoms with E-state index in [1.165, 1.54) is 74.0 Å². The van der Waals surface area contributed by atoms with Gasteiger partial charge in [0.1, 0.15) is 0 Å². The molecule has 0 bridgehead atoms. The lowest BCUT2D eigenvalue weighted by Crippen LogP contribution is -2.43. The molecule has 0 spiro atoms. The number of benzene rings is 2. The fourth-order valence-corrected chi connectivity index (χ4v) is 7.12. The number of nitrogens with zero attached hydrogens (tertiary/aromatic N) is 2. The van der Waals surface area contributed by atoms with Crippen molar-refractivity contribution < 1.29 is 19.2 Å². The molecular formula is C48H58N2O4. The van der Waals surface area contributed by atoms with Crippen LogP contribution in [0.4, 0.5) is 0 Å². The Hall–Kier alpha value is -4.78. The largest absolute Gasteiger partial charge is 0.274 e. The minimum Gasteiger partial charge on any atom is -0.274 e. The normalized spacial score (nSPS) is 12.8. The standard InChI is InChI=1S/C48H58N2O4/c1-3-5-7-9-11-13-15-17-19-21-23-25-27-29-31-37-49-45(51)39-33-35-41-44-42(36-34-40(43(39)44)46(49)52)48(54)50(47(41)53)38-32-30-28-26-24-22-20-18-16-14-12-10-8-6-4-2/h33-36H,3-16,25-32,37-38H2,1-2H3. The van der Waals surface area contributed by atoms with Gasteiger partial charge in [0.25, 0.3) is 23.6 Å². The second kappa shape index (κ2) is 23.8. The molecule has 0 saturated heterocycles. The number of amides is 4. The van der Waals surface area contributed by atoms with Crippen LogP contribution >= 0.6 is 0 Å². The summed E-state index contributed by atoms with van der Waals surface area (Å²) in [4.78, 5) is 56.9. The van der Waals surface area contributed by atoms with E-state index in [-0.39, 0.29) is 23.6 Å². The molecule has 6 nitrogen and oxygen atoms in total. The predicted molar refractivity (Wildman–Crippen MR) is 219 cm³/mol. The highest BCUT2D eigenvalue weighted by Gasteiger charge is 2.39.